The van der Waals surface area contributed by atoms with Crippen molar-refractivity contribution in [3.63, 3.8) is 0 Å². The molecule has 2 N–H and O–H groups in total. The minimum atomic E-state index is -0.348. The minimum Gasteiger partial charge on any atom is -0.396 e. The van der Waals surface area contributed by atoms with Crippen molar-refractivity contribution in [1.29, 1.82) is 0 Å². The molecule has 1 amide bonds. The molecule has 1 saturated carbocycles. The van der Waals surface area contributed by atoms with Crippen LogP contribution in [0.4, 0.5) is 0 Å². The highest BCUT2D eigenvalue weighted by molar-refractivity contribution is 5.79. The Morgan fingerprint density at radius 1 is 1.47 bits per heavy atom. The maximum Gasteiger partial charge on any atom is 0.244 e. The van der Waals surface area contributed by atoms with Gasteiger partial charge in [0.2, 0.25) is 5.91 Å². The van der Waals surface area contributed by atoms with Crippen LogP contribution in [0.5, 0.6) is 0 Å². The number of aromatic nitrogens is 3. The number of nitrogens with zero attached hydrogens (tertiary/aromatic N) is 3. The summed E-state index contributed by atoms with van der Waals surface area (Å²) in [5.41, 5.74) is 0. The smallest absolute Gasteiger partial charge is 0.244 e. The second-order valence-electron chi connectivity index (χ2n) is 5.28. The van der Waals surface area contributed by atoms with E-state index in [4.69, 9.17) is 0 Å². The summed E-state index contributed by atoms with van der Waals surface area (Å²) in [6, 6.07) is -0.348. The summed E-state index contributed by atoms with van der Waals surface area (Å²) in [6.07, 6.45) is 7.49. The van der Waals surface area contributed by atoms with Gasteiger partial charge in [0.1, 0.15) is 18.7 Å². The van der Waals surface area contributed by atoms with Gasteiger partial charge in [-0.1, -0.05) is 12.8 Å². The highest BCUT2D eigenvalue weighted by Crippen LogP contribution is 2.29. The molecule has 1 aliphatic carbocycles. The van der Waals surface area contributed by atoms with Crippen LogP contribution in [-0.2, 0) is 4.79 Å². The van der Waals surface area contributed by atoms with Crippen LogP contribution in [0.1, 0.15) is 38.6 Å². The van der Waals surface area contributed by atoms with E-state index < -0.39 is 0 Å². The van der Waals surface area contributed by atoms with E-state index in [1.54, 1.807) is 17.9 Å². The van der Waals surface area contributed by atoms with Crippen molar-refractivity contribution in [3.8, 4) is 0 Å². The molecule has 3 atom stereocenters. The third kappa shape index (κ3) is 3.53. The summed E-state index contributed by atoms with van der Waals surface area (Å²) in [6.45, 7) is 2.66. The molecule has 1 aromatic heterocycles. The van der Waals surface area contributed by atoms with Gasteiger partial charge < -0.3 is 10.4 Å². The molecular weight excluding hydrogens is 244 g/mol. The lowest BCUT2D eigenvalue weighted by Crippen LogP contribution is -2.38. The standard InChI is InChI=1S/C13H22N4O2/c1-10(17-9-14-8-16-17)13(19)15-6-11-4-2-3-5-12(11)7-18/h8-12,18H,2-7H2,1H3,(H,15,19). The molecule has 0 saturated heterocycles. The normalized spacial score (nSPS) is 24.9. The molecule has 6 nitrogen and oxygen atoms in total. The second kappa shape index (κ2) is 6.65. The molecular formula is C13H22N4O2. The number of aliphatic hydroxyl groups is 1. The molecule has 2 rings (SSSR count). The van der Waals surface area contributed by atoms with Crippen molar-refractivity contribution < 1.29 is 9.90 Å². The molecule has 19 heavy (non-hydrogen) atoms. The van der Waals surface area contributed by atoms with Crippen LogP contribution < -0.4 is 5.32 Å². The Morgan fingerprint density at radius 2 is 2.21 bits per heavy atom. The van der Waals surface area contributed by atoms with Crippen molar-refractivity contribution >= 4 is 5.91 Å². The average molecular weight is 266 g/mol. The fourth-order valence-corrected chi connectivity index (χ4v) is 2.71. The Kier molecular flexibility index (Phi) is 4.90. The van der Waals surface area contributed by atoms with Crippen LogP contribution >= 0.6 is 0 Å². The molecule has 3 unspecified atom stereocenters. The molecule has 1 aliphatic rings. The van der Waals surface area contributed by atoms with Gasteiger partial charge in [-0.2, -0.15) is 5.10 Å². The van der Waals surface area contributed by atoms with Crippen LogP contribution in [0.15, 0.2) is 12.7 Å². The fraction of sp³-hybridized carbons (Fsp3) is 0.769. The predicted octanol–water partition coefficient (Wildman–Crippen LogP) is 0.754. The van der Waals surface area contributed by atoms with Gasteiger partial charge in [-0.05, 0) is 31.6 Å². The minimum absolute atomic E-state index is 0.0484. The SMILES string of the molecule is CC(C(=O)NCC1CCCCC1CO)n1cncn1. The van der Waals surface area contributed by atoms with E-state index in [-0.39, 0.29) is 18.6 Å². The first-order valence-electron chi connectivity index (χ1n) is 6.95. The third-order valence-electron chi connectivity index (χ3n) is 4.05. The molecule has 0 bridgehead atoms. The molecule has 6 heteroatoms. The zero-order valence-electron chi connectivity index (χ0n) is 11.3. The van der Waals surface area contributed by atoms with Crippen LogP contribution in [0, 0.1) is 11.8 Å². The molecule has 106 valence electrons. The van der Waals surface area contributed by atoms with Gasteiger partial charge in [-0.3, -0.25) is 4.79 Å². The molecule has 0 spiro atoms. The highest BCUT2D eigenvalue weighted by atomic mass is 16.3. The van der Waals surface area contributed by atoms with Crippen LogP contribution in [-0.4, -0.2) is 38.9 Å². The van der Waals surface area contributed by atoms with Gasteiger partial charge in [0.05, 0.1) is 0 Å². The summed E-state index contributed by atoms with van der Waals surface area (Å²) in [7, 11) is 0. The van der Waals surface area contributed by atoms with Crippen LogP contribution in [0.3, 0.4) is 0 Å². The van der Waals surface area contributed by atoms with E-state index >= 15 is 0 Å². The highest BCUT2D eigenvalue weighted by Gasteiger charge is 2.25. The quantitative estimate of drug-likeness (QED) is 0.824. The first-order valence-corrected chi connectivity index (χ1v) is 6.95. The summed E-state index contributed by atoms with van der Waals surface area (Å²) in [5.74, 6) is 0.675. The lowest BCUT2D eigenvalue weighted by atomic mass is 9.79. The van der Waals surface area contributed by atoms with E-state index in [9.17, 15) is 9.90 Å². The van der Waals surface area contributed by atoms with Crippen molar-refractivity contribution in [1.82, 2.24) is 20.1 Å². The molecule has 1 heterocycles. The lowest BCUT2D eigenvalue weighted by Gasteiger charge is -2.30. The Labute approximate surface area is 113 Å². The van der Waals surface area contributed by atoms with Gasteiger partial charge in [0.15, 0.2) is 0 Å². The summed E-state index contributed by atoms with van der Waals surface area (Å²) >= 11 is 0. The zero-order valence-corrected chi connectivity index (χ0v) is 11.3. The number of rotatable bonds is 5. The van der Waals surface area contributed by atoms with E-state index in [1.807, 2.05) is 0 Å². The van der Waals surface area contributed by atoms with Gasteiger partial charge >= 0.3 is 0 Å². The largest absolute Gasteiger partial charge is 0.396 e. The number of nitrogens with one attached hydrogen (secondary N) is 1. The van der Waals surface area contributed by atoms with E-state index in [1.165, 1.54) is 19.2 Å². The van der Waals surface area contributed by atoms with Crippen LogP contribution in [0.25, 0.3) is 0 Å². The van der Waals surface area contributed by atoms with Gasteiger partial charge in [-0.15, -0.1) is 0 Å². The number of hydrogen-bond acceptors (Lipinski definition) is 4. The maximum absolute atomic E-state index is 12.0. The lowest BCUT2D eigenvalue weighted by molar-refractivity contribution is -0.124. The fourth-order valence-electron chi connectivity index (χ4n) is 2.71. The van der Waals surface area contributed by atoms with Gasteiger partial charge in [-0.25, -0.2) is 9.67 Å². The van der Waals surface area contributed by atoms with Crippen molar-refractivity contribution in [2.24, 2.45) is 11.8 Å². The van der Waals surface area contributed by atoms with Crippen molar-refractivity contribution in [2.45, 2.75) is 38.6 Å². The van der Waals surface area contributed by atoms with Crippen LogP contribution in [0.2, 0.25) is 0 Å². The summed E-state index contributed by atoms with van der Waals surface area (Å²) in [4.78, 5) is 15.9. The topological polar surface area (TPSA) is 80.0 Å². The monoisotopic (exact) mass is 266 g/mol. The maximum atomic E-state index is 12.0. The zero-order chi connectivity index (χ0) is 13.7. The first-order chi connectivity index (χ1) is 9.22. The number of carbonyl (C=O) groups excluding carboxylic acids is 1. The first kappa shape index (κ1) is 14.0. The van der Waals surface area contributed by atoms with E-state index in [2.05, 4.69) is 15.4 Å². The Bertz CT molecular complexity index is 393. The molecule has 1 aromatic rings. The Hall–Kier alpha value is -1.43. The average Bonchev–Trinajstić information content (AvgIpc) is 2.98. The second-order valence-corrected chi connectivity index (χ2v) is 5.28. The molecule has 0 radical (unpaired) electrons. The number of aliphatic hydroxyl groups excluding tert-OH is 1. The van der Waals surface area contributed by atoms with E-state index in [0.717, 1.165) is 12.8 Å². The molecule has 0 aromatic carbocycles. The Morgan fingerprint density at radius 3 is 2.84 bits per heavy atom. The third-order valence-corrected chi connectivity index (χ3v) is 4.05. The van der Waals surface area contributed by atoms with Crippen molar-refractivity contribution in [2.75, 3.05) is 13.2 Å². The molecule has 0 aliphatic heterocycles. The number of carbonyl (C=O) groups is 1. The number of hydrogen-bond donors (Lipinski definition) is 2. The predicted molar refractivity (Wildman–Crippen MR) is 70.3 cm³/mol. The van der Waals surface area contributed by atoms with Gasteiger partial charge in [0, 0.05) is 13.2 Å². The van der Waals surface area contributed by atoms with E-state index in [0.29, 0.717) is 18.4 Å². The van der Waals surface area contributed by atoms with Crippen molar-refractivity contribution in [3.05, 3.63) is 12.7 Å². The number of amides is 1. The summed E-state index contributed by atoms with van der Waals surface area (Å²) < 4.78 is 1.54. The molecule has 1 fully saturated rings. The summed E-state index contributed by atoms with van der Waals surface area (Å²) in [5, 5.41) is 16.3. The Balaban J connectivity index is 1.82. The van der Waals surface area contributed by atoms with Gasteiger partial charge in [0.25, 0.3) is 0 Å².